The van der Waals surface area contributed by atoms with E-state index in [1.54, 1.807) is 7.11 Å². The van der Waals surface area contributed by atoms with E-state index < -0.39 is 0 Å². The second kappa shape index (κ2) is 11.7. The third-order valence-corrected chi connectivity index (χ3v) is 6.34. The lowest BCUT2D eigenvalue weighted by molar-refractivity contribution is -0.149. The zero-order valence-electron chi connectivity index (χ0n) is 16.2. The topological polar surface area (TPSA) is 44.8 Å². The second-order valence-electron chi connectivity index (χ2n) is 8.06. The van der Waals surface area contributed by atoms with Crippen molar-refractivity contribution in [1.82, 2.24) is 15.1 Å². The van der Waals surface area contributed by atoms with Crippen LogP contribution in [0.2, 0.25) is 0 Å². The molecule has 0 aromatic carbocycles. The highest BCUT2D eigenvalue weighted by Gasteiger charge is 2.42. The van der Waals surface area contributed by atoms with Gasteiger partial charge in [-0.15, -0.1) is 24.8 Å². The molecule has 1 saturated carbocycles. The number of halogens is 2. The minimum Gasteiger partial charge on any atom is -0.384 e. The van der Waals surface area contributed by atoms with Crippen molar-refractivity contribution < 1.29 is 9.53 Å². The van der Waals surface area contributed by atoms with E-state index in [1.807, 2.05) is 0 Å². The standard InChI is InChI=1S/C19H35N3O2.2ClH/c1-24-16-19(7-9-20-10-8-19)18(23)22-13-11-21(12-14-22)15-17-5-3-2-4-6-17;;/h17,20H,2-16H2,1H3;2*1H. The number of hydrogen-bond acceptors (Lipinski definition) is 4. The highest BCUT2D eigenvalue weighted by molar-refractivity contribution is 5.85. The Morgan fingerprint density at radius 1 is 1.04 bits per heavy atom. The summed E-state index contributed by atoms with van der Waals surface area (Å²) in [7, 11) is 1.72. The maximum Gasteiger partial charge on any atom is 0.231 e. The summed E-state index contributed by atoms with van der Waals surface area (Å²) < 4.78 is 5.43. The van der Waals surface area contributed by atoms with Gasteiger partial charge in [-0.05, 0) is 44.7 Å². The molecule has 3 aliphatic rings. The van der Waals surface area contributed by atoms with Gasteiger partial charge in [0, 0.05) is 39.8 Å². The van der Waals surface area contributed by atoms with Gasteiger partial charge in [-0.25, -0.2) is 0 Å². The lowest BCUT2D eigenvalue weighted by atomic mass is 9.78. The smallest absolute Gasteiger partial charge is 0.231 e. The summed E-state index contributed by atoms with van der Waals surface area (Å²) in [5.74, 6) is 1.23. The number of nitrogens with one attached hydrogen (secondary N) is 1. The number of amides is 1. The molecule has 0 aromatic heterocycles. The van der Waals surface area contributed by atoms with Crippen molar-refractivity contribution in [1.29, 1.82) is 0 Å². The lowest BCUT2D eigenvalue weighted by Crippen LogP contribution is -2.57. The molecule has 154 valence electrons. The number of methoxy groups -OCH3 is 1. The molecule has 0 bridgehead atoms. The zero-order valence-corrected chi connectivity index (χ0v) is 17.8. The van der Waals surface area contributed by atoms with Crippen LogP contribution in [0.1, 0.15) is 44.9 Å². The predicted octanol–water partition coefficient (Wildman–Crippen LogP) is 2.57. The monoisotopic (exact) mass is 409 g/mol. The van der Waals surface area contributed by atoms with Crippen LogP contribution in [0.3, 0.4) is 0 Å². The summed E-state index contributed by atoms with van der Waals surface area (Å²) in [6, 6.07) is 0. The van der Waals surface area contributed by atoms with Crippen LogP contribution in [0.15, 0.2) is 0 Å². The molecule has 5 nitrogen and oxygen atoms in total. The molecule has 0 unspecified atom stereocenters. The number of piperidine rings is 1. The Bertz CT molecular complexity index is 400. The Labute approximate surface area is 171 Å². The molecule has 3 rings (SSSR count). The van der Waals surface area contributed by atoms with Crippen molar-refractivity contribution in [3.05, 3.63) is 0 Å². The summed E-state index contributed by atoms with van der Waals surface area (Å²) >= 11 is 0. The highest BCUT2D eigenvalue weighted by Crippen LogP contribution is 2.32. The second-order valence-corrected chi connectivity index (χ2v) is 8.06. The van der Waals surface area contributed by atoms with Crippen LogP contribution in [0.25, 0.3) is 0 Å². The van der Waals surface area contributed by atoms with Crippen LogP contribution in [-0.4, -0.2) is 75.2 Å². The molecular formula is C19H37Cl2N3O2. The third kappa shape index (κ3) is 5.96. The maximum absolute atomic E-state index is 13.2. The molecular weight excluding hydrogens is 373 g/mol. The van der Waals surface area contributed by atoms with Gasteiger partial charge in [-0.3, -0.25) is 9.69 Å². The molecule has 2 saturated heterocycles. The van der Waals surface area contributed by atoms with Crippen LogP contribution in [0.5, 0.6) is 0 Å². The van der Waals surface area contributed by atoms with E-state index in [4.69, 9.17) is 4.74 Å². The first-order valence-corrected chi connectivity index (χ1v) is 9.95. The first-order valence-electron chi connectivity index (χ1n) is 9.95. The van der Waals surface area contributed by atoms with E-state index in [-0.39, 0.29) is 30.2 Å². The van der Waals surface area contributed by atoms with Crippen molar-refractivity contribution >= 4 is 30.7 Å². The molecule has 1 aliphatic carbocycles. The molecule has 0 spiro atoms. The SMILES string of the molecule is COCC1(C(=O)N2CCN(CC3CCCCC3)CC2)CCNCC1.Cl.Cl. The Balaban J connectivity index is 0.00000169. The highest BCUT2D eigenvalue weighted by atomic mass is 35.5. The van der Waals surface area contributed by atoms with E-state index in [0.29, 0.717) is 12.5 Å². The fourth-order valence-corrected chi connectivity index (χ4v) is 4.81. The molecule has 26 heavy (non-hydrogen) atoms. The normalized spacial score (nSPS) is 24.4. The number of nitrogens with zero attached hydrogens (tertiary/aromatic N) is 2. The number of rotatable bonds is 5. The molecule has 7 heteroatoms. The van der Waals surface area contributed by atoms with E-state index in [0.717, 1.165) is 58.0 Å². The van der Waals surface area contributed by atoms with Crippen LogP contribution in [0, 0.1) is 11.3 Å². The zero-order chi connectivity index (χ0) is 16.8. The van der Waals surface area contributed by atoms with Gasteiger partial charge >= 0.3 is 0 Å². The van der Waals surface area contributed by atoms with Gasteiger partial charge in [-0.2, -0.15) is 0 Å². The Morgan fingerprint density at radius 3 is 2.23 bits per heavy atom. The van der Waals surface area contributed by atoms with Gasteiger partial charge in [0.1, 0.15) is 0 Å². The molecule has 0 radical (unpaired) electrons. The Kier molecular flexibility index (Phi) is 10.8. The van der Waals surface area contributed by atoms with Crippen molar-refractivity contribution in [3.63, 3.8) is 0 Å². The molecule has 0 aromatic rings. The molecule has 2 aliphatic heterocycles. The van der Waals surface area contributed by atoms with Crippen LogP contribution < -0.4 is 5.32 Å². The molecule has 1 amide bonds. The van der Waals surface area contributed by atoms with Gasteiger partial charge in [0.2, 0.25) is 5.91 Å². The average molecular weight is 410 g/mol. The Morgan fingerprint density at radius 2 is 1.65 bits per heavy atom. The maximum atomic E-state index is 13.2. The van der Waals surface area contributed by atoms with Gasteiger partial charge in [0.25, 0.3) is 0 Å². The van der Waals surface area contributed by atoms with E-state index in [9.17, 15) is 4.79 Å². The summed E-state index contributed by atoms with van der Waals surface area (Å²) in [6.07, 6.45) is 8.87. The number of piperazine rings is 1. The van der Waals surface area contributed by atoms with E-state index >= 15 is 0 Å². The van der Waals surface area contributed by atoms with Crippen LogP contribution in [0.4, 0.5) is 0 Å². The summed E-state index contributed by atoms with van der Waals surface area (Å²) in [6.45, 7) is 7.54. The van der Waals surface area contributed by atoms with Crippen LogP contribution in [-0.2, 0) is 9.53 Å². The molecule has 2 heterocycles. The minimum absolute atomic E-state index is 0. The van der Waals surface area contributed by atoms with Gasteiger partial charge in [-0.1, -0.05) is 19.3 Å². The molecule has 0 atom stereocenters. The fourth-order valence-electron chi connectivity index (χ4n) is 4.81. The number of carbonyl (C=O) groups excluding carboxylic acids is 1. The summed E-state index contributed by atoms with van der Waals surface area (Å²) in [5, 5.41) is 3.37. The largest absolute Gasteiger partial charge is 0.384 e. The summed E-state index contributed by atoms with van der Waals surface area (Å²) in [5.41, 5.74) is -0.286. The molecule has 3 fully saturated rings. The quantitative estimate of drug-likeness (QED) is 0.757. The van der Waals surface area contributed by atoms with Gasteiger partial charge < -0.3 is 15.0 Å². The number of ether oxygens (including phenoxy) is 1. The third-order valence-electron chi connectivity index (χ3n) is 6.34. The fraction of sp³-hybridized carbons (Fsp3) is 0.947. The molecule has 1 N–H and O–H groups in total. The van der Waals surface area contributed by atoms with Crippen molar-refractivity contribution in [2.75, 3.05) is 59.5 Å². The number of carbonyl (C=O) groups is 1. The minimum atomic E-state index is -0.286. The van der Waals surface area contributed by atoms with E-state index in [2.05, 4.69) is 15.1 Å². The first kappa shape index (κ1) is 24.0. The first-order chi connectivity index (χ1) is 11.7. The van der Waals surface area contributed by atoms with Crippen molar-refractivity contribution in [2.45, 2.75) is 44.9 Å². The van der Waals surface area contributed by atoms with Crippen molar-refractivity contribution in [2.24, 2.45) is 11.3 Å². The van der Waals surface area contributed by atoms with E-state index in [1.165, 1.54) is 38.6 Å². The van der Waals surface area contributed by atoms with Crippen LogP contribution >= 0.6 is 24.8 Å². The van der Waals surface area contributed by atoms with Crippen molar-refractivity contribution in [3.8, 4) is 0 Å². The lowest BCUT2D eigenvalue weighted by Gasteiger charge is -2.43. The van der Waals surface area contributed by atoms with Gasteiger partial charge in [0.05, 0.1) is 12.0 Å². The summed E-state index contributed by atoms with van der Waals surface area (Å²) in [4.78, 5) is 17.9. The predicted molar refractivity (Wildman–Crippen MR) is 111 cm³/mol. The van der Waals surface area contributed by atoms with Gasteiger partial charge in [0.15, 0.2) is 0 Å². The number of hydrogen-bond donors (Lipinski definition) is 1. The average Bonchev–Trinajstić information content (AvgIpc) is 2.64. The Hall–Kier alpha value is -0.0700.